The second kappa shape index (κ2) is 27.5. The van der Waals surface area contributed by atoms with Crippen molar-refractivity contribution in [2.24, 2.45) is 0 Å². The van der Waals surface area contributed by atoms with Crippen molar-refractivity contribution in [2.45, 2.75) is 49.9 Å². The molecule has 26 heteroatoms. The molecule has 0 aliphatic heterocycles. The largest absolute Gasteiger partial charge is 0.480 e. The second-order valence-electron chi connectivity index (χ2n) is 14.6. The van der Waals surface area contributed by atoms with E-state index < -0.39 is 122 Å². The molecule has 4 rings (SSSR count). The van der Waals surface area contributed by atoms with Crippen molar-refractivity contribution in [1.29, 1.82) is 0 Å². The molecule has 2 heterocycles. The first-order valence-electron chi connectivity index (χ1n) is 20.6. The minimum Gasteiger partial charge on any atom is -0.480 e. The van der Waals surface area contributed by atoms with E-state index in [1.165, 1.54) is 24.3 Å². The van der Waals surface area contributed by atoms with Crippen LogP contribution >= 0.6 is 44.3 Å². The average Bonchev–Trinajstić information content (AvgIpc) is 4.05. The molecule has 4 atom stereocenters. The number of carbonyl (C=O) groups is 12. The minimum absolute atomic E-state index is 0.0258. The number of aliphatic carboxylic acids is 4. The zero-order valence-electron chi connectivity index (χ0n) is 36.4. The quantitative estimate of drug-likeness (QED) is 0.0210. The van der Waals surface area contributed by atoms with Crippen molar-refractivity contribution in [1.82, 2.24) is 31.9 Å². The highest BCUT2D eigenvalue weighted by Crippen LogP contribution is 2.25. The Labute approximate surface area is 413 Å². The van der Waals surface area contributed by atoms with Crippen LogP contribution in [0.1, 0.15) is 75.5 Å². The molecule has 370 valence electrons. The van der Waals surface area contributed by atoms with Crippen molar-refractivity contribution >= 4 is 115 Å². The molecule has 2 aromatic carbocycles. The number of carboxylic acids is 4. The molecular formula is C44H44N6O16S4. The van der Waals surface area contributed by atoms with Gasteiger partial charge in [0.2, 0.25) is 35.2 Å². The van der Waals surface area contributed by atoms with Gasteiger partial charge >= 0.3 is 23.9 Å². The molecule has 2 aromatic heterocycles. The predicted molar refractivity (Wildman–Crippen MR) is 255 cm³/mol. The lowest BCUT2D eigenvalue weighted by Crippen LogP contribution is -2.50. The number of carbonyl (C=O) groups excluding carboxylic acids is 8. The number of rotatable bonds is 29. The topological polar surface area (TPSA) is 358 Å². The summed E-state index contributed by atoms with van der Waals surface area (Å²) >= 11 is 1.67. The molecular weight excluding hydrogens is 997 g/mol. The summed E-state index contributed by atoms with van der Waals surface area (Å²) in [5.41, 5.74) is 0.756. The first-order valence-corrected chi connectivity index (χ1v) is 24.7. The fraction of sp³-hybridized carbons (Fsp3) is 0.273. The fourth-order valence-corrected chi connectivity index (χ4v) is 9.93. The number of amides is 6. The molecule has 22 nitrogen and oxygen atoms in total. The predicted octanol–water partition coefficient (Wildman–Crippen LogP) is 1.65. The summed E-state index contributed by atoms with van der Waals surface area (Å²) in [5, 5.41) is 51.3. The van der Waals surface area contributed by atoms with Crippen LogP contribution in [0, 0.1) is 0 Å². The third-order valence-electron chi connectivity index (χ3n) is 9.39. The van der Waals surface area contributed by atoms with Gasteiger partial charge < -0.3 is 52.3 Å². The molecule has 70 heavy (non-hydrogen) atoms. The van der Waals surface area contributed by atoms with E-state index in [1.807, 2.05) is 0 Å². The van der Waals surface area contributed by atoms with E-state index in [0.717, 1.165) is 44.3 Å². The van der Waals surface area contributed by atoms with Gasteiger partial charge in [-0.25, -0.2) is 9.59 Å². The highest BCUT2D eigenvalue weighted by molar-refractivity contribution is 8.76. The zero-order valence-corrected chi connectivity index (χ0v) is 39.6. The zero-order chi connectivity index (χ0) is 51.3. The van der Waals surface area contributed by atoms with Crippen LogP contribution in [-0.4, -0.2) is 140 Å². The maximum Gasteiger partial charge on any atom is 0.326 e. The van der Waals surface area contributed by atoms with Crippen LogP contribution < -0.4 is 31.9 Å². The van der Waals surface area contributed by atoms with E-state index in [0.29, 0.717) is 11.1 Å². The maximum atomic E-state index is 13.0. The van der Waals surface area contributed by atoms with Gasteiger partial charge in [0.1, 0.15) is 37.3 Å². The highest BCUT2D eigenvalue weighted by atomic mass is 33.1. The van der Waals surface area contributed by atoms with Gasteiger partial charge in [0.25, 0.3) is 11.8 Å². The smallest absolute Gasteiger partial charge is 0.326 e. The summed E-state index contributed by atoms with van der Waals surface area (Å²) < 4.78 is 0. The van der Waals surface area contributed by atoms with E-state index in [1.54, 1.807) is 60.7 Å². The normalized spacial score (nSPS) is 12.4. The average molecular weight is 1040 g/mol. The van der Waals surface area contributed by atoms with Gasteiger partial charge in [-0.1, -0.05) is 82.3 Å². The lowest BCUT2D eigenvalue weighted by atomic mass is 10.1. The standard InChI is InChI=1S/C44H44N6O16S4/c51-33(17-11-25(43(63)64)49-41(61)31-15-13-29(69-31)37(57)23-7-3-1-4-8-23)47-27(39(59)45-19-35(53)54)21-67-68-22-28(40(60)46-20-36(55)56)48-34(52)18-12-26(44(65)66)50-42(62)32-16-14-30(70-32)38(58)24-9-5-2-6-10-24/h1-10,13-16,25-28H,11-12,17-22H2,(H,45,59)(H,46,60)(H,47,51)(H,48,52)(H,49,61)(H,50,62)(H,53,54)(H,55,56)(H,63,64)(H,65,66)/t25-,26-,27-,28-/m0/s1. The lowest BCUT2D eigenvalue weighted by Gasteiger charge is -2.20. The summed E-state index contributed by atoms with van der Waals surface area (Å²) in [7, 11) is 1.71. The van der Waals surface area contributed by atoms with Crippen LogP contribution in [0.5, 0.6) is 0 Å². The van der Waals surface area contributed by atoms with Gasteiger partial charge in [0, 0.05) is 35.5 Å². The number of benzene rings is 2. The van der Waals surface area contributed by atoms with Crippen LogP contribution in [0.3, 0.4) is 0 Å². The van der Waals surface area contributed by atoms with Gasteiger partial charge in [-0.2, -0.15) is 0 Å². The Bertz CT molecular complexity index is 2410. The van der Waals surface area contributed by atoms with Crippen molar-refractivity contribution < 1.29 is 78.0 Å². The minimum atomic E-state index is -1.59. The van der Waals surface area contributed by atoms with E-state index >= 15 is 0 Å². The van der Waals surface area contributed by atoms with Crippen molar-refractivity contribution in [3.63, 3.8) is 0 Å². The van der Waals surface area contributed by atoms with Gasteiger partial charge in [0.15, 0.2) is 0 Å². The summed E-state index contributed by atoms with van der Waals surface area (Å²) in [6.07, 6.45) is -2.01. The monoisotopic (exact) mass is 1040 g/mol. The Morgan fingerprint density at radius 1 is 0.443 bits per heavy atom. The number of hydrogen-bond donors (Lipinski definition) is 10. The molecule has 0 saturated carbocycles. The van der Waals surface area contributed by atoms with E-state index in [2.05, 4.69) is 31.9 Å². The number of nitrogens with one attached hydrogen (secondary N) is 6. The second-order valence-corrected chi connectivity index (χ2v) is 19.3. The number of hydrogen-bond acceptors (Lipinski definition) is 16. The van der Waals surface area contributed by atoms with Gasteiger partial charge in [-0.3, -0.25) is 47.9 Å². The van der Waals surface area contributed by atoms with Crippen LogP contribution in [-0.2, 0) is 38.4 Å². The van der Waals surface area contributed by atoms with E-state index in [-0.39, 0.29) is 42.6 Å². The van der Waals surface area contributed by atoms with E-state index in [4.69, 9.17) is 10.2 Å². The van der Waals surface area contributed by atoms with Crippen molar-refractivity contribution in [2.75, 3.05) is 24.6 Å². The van der Waals surface area contributed by atoms with Crippen molar-refractivity contribution in [3.8, 4) is 0 Å². The first kappa shape index (κ1) is 55.2. The summed E-state index contributed by atoms with van der Waals surface area (Å²) in [4.78, 5) is 150. The summed E-state index contributed by atoms with van der Waals surface area (Å²) in [6.45, 7) is -1.68. The number of carboxylic acid groups (broad SMARTS) is 4. The Hall–Kier alpha value is -7.42. The maximum absolute atomic E-state index is 13.0. The third-order valence-corrected chi connectivity index (χ3v) is 14.0. The molecule has 0 aliphatic rings. The SMILES string of the molecule is O=C(O)CNC(=O)[C@H](CSSC[C@H](NC(=O)CC[C@H](NC(=O)c1ccc(C(=O)c2ccccc2)s1)C(=O)O)C(=O)NCC(=O)O)NC(=O)CC[C@H](NC(=O)c1ccc(C(=O)c2ccccc2)s1)C(=O)O. The first-order chi connectivity index (χ1) is 33.3. The number of thiophene rings is 2. The van der Waals surface area contributed by atoms with Gasteiger partial charge in [-0.15, -0.1) is 22.7 Å². The highest BCUT2D eigenvalue weighted by Gasteiger charge is 2.29. The van der Waals surface area contributed by atoms with Crippen molar-refractivity contribution in [3.05, 3.63) is 116 Å². The molecule has 0 spiro atoms. The molecule has 0 aliphatic carbocycles. The fourth-order valence-electron chi connectivity index (χ4n) is 5.85. The Morgan fingerprint density at radius 2 is 0.786 bits per heavy atom. The van der Waals surface area contributed by atoms with Gasteiger partial charge in [-0.05, 0) is 37.1 Å². The molecule has 4 aromatic rings. The summed E-state index contributed by atoms with van der Waals surface area (Å²) in [5.74, 6) is -12.5. The van der Waals surface area contributed by atoms with Crippen LogP contribution in [0.15, 0.2) is 84.9 Å². The van der Waals surface area contributed by atoms with Crippen LogP contribution in [0.4, 0.5) is 0 Å². The third kappa shape index (κ3) is 17.9. The van der Waals surface area contributed by atoms with Crippen LogP contribution in [0.25, 0.3) is 0 Å². The Balaban J connectivity index is 1.32. The molecule has 0 saturated heterocycles. The molecule has 0 unspecified atom stereocenters. The summed E-state index contributed by atoms with van der Waals surface area (Å²) in [6, 6.07) is 15.9. The molecule has 0 fully saturated rings. The number of ketones is 2. The Kier molecular flexibility index (Phi) is 21.7. The molecule has 0 bridgehead atoms. The van der Waals surface area contributed by atoms with Gasteiger partial charge in [0.05, 0.1) is 19.5 Å². The molecule has 10 N–H and O–H groups in total. The van der Waals surface area contributed by atoms with E-state index in [9.17, 15) is 67.7 Å². The molecule has 0 radical (unpaired) electrons. The van der Waals surface area contributed by atoms with Crippen LogP contribution in [0.2, 0.25) is 0 Å². The molecule has 6 amide bonds. The Morgan fingerprint density at radius 3 is 1.11 bits per heavy atom. The lowest BCUT2D eigenvalue weighted by molar-refractivity contribution is -0.140.